The van der Waals surface area contributed by atoms with Crippen LogP contribution >= 0.6 is 22.9 Å². The first kappa shape index (κ1) is 19.9. The van der Waals surface area contributed by atoms with E-state index in [1.54, 1.807) is 6.20 Å². The monoisotopic (exact) mass is 446 g/mol. The molecule has 3 aromatic heterocycles. The van der Waals surface area contributed by atoms with Crippen LogP contribution in [0.5, 0.6) is 0 Å². The van der Waals surface area contributed by atoms with Crippen molar-refractivity contribution in [3.05, 3.63) is 34.7 Å². The Hall–Kier alpha value is -2.04. The van der Waals surface area contributed by atoms with Gasteiger partial charge in [-0.05, 0) is 31.5 Å². The highest BCUT2D eigenvalue weighted by Gasteiger charge is 2.44. The molecule has 0 unspecified atom stereocenters. The van der Waals surface area contributed by atoms with E-state index in [9.17, 15) is 10.2 Å². The molecule has 1 fully saturated rings. The van der Waals surface area contributed by atoms with E-state index >= 15 is 0 Å². The summed E-state index contributed by atoms with van der Waals surface area (Å²) in [7, 11) is 2.08. The topological polar surface area (TPSA) is 113 Å². The Labute approximate surface area is 182 Å². The van der Waals surface area contributed by atoms with Gasteiger partial charge in [0.1, 0.15) is 22.6 Å². The third-order valence-electron chi connectivity index (χ3n) is 6.27. The number of hydrogen-bond donors (Lipinski definition) is 3. The number of aliphatic hydroxyl groups is 2. The van der Waals surface area contributed by atoms with Gasteiger partial charge in [-0.15, -0.1) is 11.3 Å². The second-order valence-corrected chi connectivity index (χ2v) is 9.28. The minimum atomic E-state index is -0.926. The van der Waals surface area contributed by atoms with Crippen molar-refractivity contribution in [2.75, 3.05) is 25.9 Å². The molecule has 1 aliphatic heterocycles. The van der Waals surface area contributed by atoms with Crippen molar-refractivity contribution < 1.29 is 10.2 Å². The van der Waals surface area contributed by atoms with Crippen molar-refractivity contribution in [3.63, 3.8) is 0 Å². The molecule has 8 nitrogen and oxygen atoms in total. The quantitative estimate of drug-likeness (QED) is 0.418. The van der Waals surface area contributed by atoms with Crippen LogP contribution in [-0.4, -0.2) is 67.0 Å². The molecule has 0 bridgehead atoms. The van der Waals surface area contributed by atoms with E-state index in [0.29, 0.717) is 17.5 Å². The summed E-state index contributed by atoms with van der Waals surface area (Å²) >= 11 is 7.60. The third-order valence-corrected chi connectivity index (χ3v) is 7.24. The Morgan fingerprint density at radius 1 is 1.27 bits per heavy atom. The molecule has 1 saturated carbocycles. The zero-order valence-corrected chi connectivity index (χ0v) is 18.0. The lowest BCUT2D eigenvalue weighted by Gasteiger charge is -2.27. The molecule has 3 aromatic rings. The summed E-state index contributed by atoms with van der Waals surface area (Å²) in [6, 6.07) is -0.355. The molecule has 4 atom stereocenters. The minimum Gasteiger partial charge on any atom is -0.390 e. The second kappa shape index (κ2) is 7.58. The summed E-state index contributed by atoms with van der Waals surface area (Å²) in [5.74, 6) is 0.186. The lowest BCUT2D eigenvalue weighted by Crippen LogP contribution is -2.32. The molecule has 1 aliphatic carbocycles. The number of aromatic nitrogens is 4. The highest BCUT2D eigenvalue weighted by molar-refractivity contribution is 7.13. The average Bonchev–Trinajstić information content (AvgIpc) is 3.42. The van der Waals surface area contributed by atoms with Crippen molar-refractivity contribution in [1.82, 2.24) is 24.4 Å². The van der Waals surface area contributed by atoms with Gasteiger partial charge in [0.25, 0.3) is 0 Å². The van der Waals surface area contributed by atoms with Crippen LogP contribution < -0.4 is 5.73 Å². The van der Waals surface area contributed by atoms with Crippen LogP contribution in [0.2, 0.25) is 5.28 Å². The highest BCUT2D eigenvalue weighted by Crippen LogP contribution is 2.44. The van der Waals surface area contributed by atoms with E-state index in [4.69, 9.17) is 17.3 Å². The summed E-state index contributed by atoms with van der Waals surface area (Å²) in [5.41, 5.74) is 8.76. The van der Waals surface area contributed by atoms with Crippen molar-refractivity contribution in [2.45, 2.75) is 31.1 Å². The number of hydrogen-bond acceptors (Lipinski definition) is 8. The summed E-state index contributed by atoms with van der Waals surface area (Å²) in [5, 5.41) is 25.2. The number of likely N-dealkylation sites (N-methyl/N-ethyl adjacent to an activating group) is 1. The molecule has 4 heterocycles. The van der Waals surface area contributed by atoms with Crippen LogP contribution in [0.4, 0.5) is 5.82 Å². The van der Waals surface area contributed by atoms with Crippen LogP contribution in [0.3, 0.4) is 0 Å². The smallest absolute Gasteiger partial charge is 0.226 e. The summed E-state index contributed by atoms with van der Waals surface area (Å²) in [6.07, 6.45) is 5.56. The van der Waals surface area contributed by atoms with Gasteiger partial charge < -0.3 is 25.4 Å². The predicted octanol–water partition coefficient (Wildman–Crippen LogP) is 2.34. The standard InChI is InChI=1S/C20H23ClN6O2S/c1-26-5-2-10(3-6-26)11-8-13(16(29)15(11)28)27-9-12(19-23-4-7-30-19)14-17(22)24-20(21)25-18(14)27/h2,4,7,9,11,13,15-16,28-29H,3,5-6,8H2,1H3,(H2,22,24,25)/t11-,13-,15-,16+/m1/s1. The first-order valence-electron chi connectivity index (χ1n) is 9.91. The predicted molar refractivity (Wildman–Crippen MR) is 117 cm³/mol. The van der Waals surface area contributed by atoms with Gasteiger partial charge in [0.2, 0.25) is 5.28 Å². The van der Waals surface area contributed by atoms with Crippen LogP contribution in [0.25, 0.3) is 21.6 Å². The fraction of sp³-hybridized carbons (Fsp3) is 0.450. The van der Waals surface area contributed by atoms with Crippen molar-refractivity contribution >= 4 is 39.8 Å². The van der Waals surface area contributed by atoms with Gasteiger partial charge in [0.05, 0.1) is 17.5 Å². The normalized spacial score (nSPS) is 27.7. The number of anilines is 1. The van der Waals surface area contributed by atoms with Gasteiger partial charge in [-0.2, -0.15) is 4.98 Å². The van der Waals surface area contributed by atoms with Gasteiger partial charge in [0.15, 0.2) is 0 Å². The lowest BCUT2D eigenvalue weighted by molar-refractivity contribution is 0.0114. The largest absolute Gasteiger partial charge is 0.390 e. The number of nitrogens with zero attached hydrogens (tertiary/aromatic N) is 5. The Morgan fingerprint density at radius 3 is 2.80 bits per heavy atom. The molecular weight excluding hydrogens is 424 g/mol. The number of thiazole rings is 1. The summed E-state index contributed by atoms with van der Waals surface area (Å²) in [6.45, 7) is 1.81. The van der Waals surface area contributed by atoms with Crippen molar-refractivity contribution in [2.24, 2.45) is 5.92 Å². The molecule has 2 aliphatic rings. The van der Waals surface area contributed by atoms with Crippen LogP contribution in [-0.2, 0) is 0 Å². The van der Waals surface area contributed by atoms with Crippen LogP contribution in [0, 0.1) is 5.92 Å². The molecule has 158 valence electrons. The molecular formula is C20H23ClN6O2S. The number of rotatable bonds is 3. The molecule has 0 amide bonds. The van der Waals surface area contributed by atoms with Crippen LogP contribution in [0.1, 0.15) is 18.9 Å². The lowest BCUT2D eigenvalue weighted by atomic mass is 9.90. The van der Waals surface area contributed by atoms with E-state index in [1.165, 1.54) is 16.9 Å². The molecule has 5 rings (SSSR count). The van der Waals surface area contributed by atoms with E-state index in [0.717, 1.165) is 30.1 Å². The first-order chi connectivity index (χ1) is 14.4. The Morgan fingerprint density at radius 2 is 2.10 bits per heavy atom. The van der Waals surface area contributed by atoms with Crippen LogP contribution in [0.15, 0.2) is 29.4 Å². The van der Waals surface area contributed by atoms with E-state index < -0.39 is 12.2 Å². The fourth-order valence-corrected chi connectivity index (χ4v) is 5.52. The maximum absolute atomic E-state index is 11.0. The fourth-order valence-electron chi connectivity index (χ4n) is 4.70. The highest BCUT2D eigenvalue weighted by atomic mass is 35.5. The minimum absolute atomic E-state index is 0.0488. The third kappa shape index (κ3) is 3.21. The summed E-state index contributed by atoms with van der Waals surface area (Å²) < 4.78 is 1.89. The maximum Gasteiger partial charge on any atom is 0.226 e. The van der Waals surface area contributed by atoms with Gasteiger partial charge in [-0.25, -0.2) is 9.97 Å². The van der Waals surface area contributed by atoms with E-state index in [2.05, 4.69) is 33.0 Å². The maximum atomic E-state index is 11.0. The molecule has 0 spiro atoms. The Bertz CT molecular complexity index is 1110. The Balaban J connectivity index is 1.59. The second-order valence-electron chi connectivity index (χ2n) is 8.05. The van der Waals surface area contributed by atoms with Gasteiger partial charge in [-0.3, -0.25) is 0 Å². The van der Waals surface area contributed by atoms with Crippen molar-refractivity contribution in [3.8, 4) is 10.6 Å². The molecule has 0 aromatic carbocycles. The number of fused-ring (bicyclic) bond motifs is 1. The summed E-state index contributed by atoms with van der Waals surface area (Å²) in [4.78, 5) is 15.2. The first-order valence-corrected chi connectivity index (χ1v) is 11.2. The van der Waals surface area contributed by atoms with Crippen molar-refractivity contribution in [1.29, 1.82) is 0 Å². The zero-order chi connectivity index (χ0) is 21.0. The van der Waals surface area contributed by atoms with Gasteiger partial charge >= 0.3 is 0 Å². The van der Waals surface area contributed by atoms with E-state index in [-0.39, 0.29) is 23.1 Å². The number of halogens is 1. The molecule has 10 heteroatoms. The number of nitrogen functional groups attached to an aromatic ring is 1. The Kier molecular flexibility index (Phi) is 5.03. The zero-order valence-electron chi connectivity index (χ0n) is 16.4. The SMILES string of the molecule is CN1CC=C([C@H]2C[C@@H](n3cc(-c4nccs4)c4c(N)nc(Cl)nc43)[C@H](O)[C@@H]2O)CC1. The van der Waals surface area contributed by atoms with Gasteiger partial charge in [0, 0.05) is 42.3 Å². The number of nitrogens with two attached hydrogens (primary N) is 1. The molecule has 0 radical (unpaired) electrons. The number of aliphatic hydroxyl groups excluding tert-OH is 2. The van der Waals surface area contributed by atoms with E-state index in [1.807, 2.05) is 16.1 Å². The molecule has 4 N–H and O–H groups in total. The molecule has 0 saturated heterocycles. The average molecular weight is 447 g/mol. The van der Waals surface area contributed by atoms with Gasteiger partial charge in [-0.1, -0.05) is 11.6 Å². The molecule has 30 heavy (non-hydrogen) atoms.